The second-order valence-electron chi connectivity index (χ2n) is 6.64. The highest BCUT2D eigenvalue weighted by Gasteiger charge is 2.26. The molecule has 1 atom stereocenters. The lowest BCUT2D eigenvalue weighted by molar-refractivity contribution is -0.146. The Balaban J connectivity index is 2.27. The van der Waals surface area contributed by atoms with Crippen molar-refractivity contribution in [1.29, 1.82) is 0 Å². The number of H-pyrrole nitrogens is 1. The van der Waals surface area contributed by atoms with E-state index in [2.05, 4.69) is 4.98 Å². The average molecular weight is 401 g/mol. The van der Waals surface area contributed by atoms with Gasteiger partial charge in [-0.2, -0.15) is 0 Å². The first-order valence-corrected chi connectivity index (χ1v) is 9.58. The van der Waals surface area contributed by atoms with Gasteiger partial charge in [-0.25, -0.2) is 4.79 Å². The topological polar surface area (TPSA) is 94.7 Å². The van der Waals surface area contributed by atoms with Gasteiger partial charge in [0.1, 0.15) is 18.4 Å². The predicted octanol–water partition coefficient (Wildman–Crippen LogP) is 3.80. The summed E-state index contributed by atoms with van der Waals surface area (Å²) in [5.41, 5.74) is 3.09. The van der Waals surface area contributed by atoms with Gasteiger partial charge in [0, 0.05) is 24.6 Å². The van der Waals surface area contributed by atoms with Crippen LogP contribution >= 0.6 is 0 Å². The number of rotatable bonds is 9. The molecule has 0 radical (unpaired) electrons. The number of ether oxygens (including phenoxy) is 3. The molecular weight excluding hydrogens is 374 g/mol. The lowest BCUT2D eigenvalue weighted by Gasteiger charge is -2.15. The van der Waals surface area contributed by atoms with Crippen molar-refractivity contribution in [3.8, 4) is 0 Å². The second kappa shape index (κ2) is 10.5. The minimum atomic E-state index is -0.573. The van der Waals surface area contributed by atoms with Crippen LogP contribution in [0.15, 0.2) is 30.3 Å². The van der Waals surface area contributed by atoms with E-state index in [1.165, 1.54) is 6.92 Å². The van der Waals surface area contributed by atoms with E-state index in [0.717, 1.165) is 5.56 Å². The Morgan fingerprint density at radius 1 is 1.10 bits per heavy atom. The van der Waals surface area contributed by atoms with Gasteiger partial charge in [0.25, 0.3) is 0 Å². The van der Waals surface area contributed by atoms with Gasteiger partial charge < -0.3 is 19.2 Å². The fourth-order valence-electron chi connectivity index (χ4n) is 3.24. The Labute approximate surface area is 170 Å². The van der Waals surface area contributed by atoms with E-state index in [-0.39, 0.29) is 37.7 Å². The summed E-state index contributed by atoms with van der Waals surface area (Å²) < 4.78 is 15.7. The molecule has 1 aromatic heterocycles. The van der Waals surface area contributed by atoms with E-state index < -0.39 is 18.0 Å². The van der Waals surface area contributed by atoms with E-state index in [0.29, 0.717) is 16.8 Å². The predicted molar refractivity (Wildman–Crippen MR) is 106 cm³/mol. The first-order chi connectivity index (χ1) is 13.8. The fraction of sp³-hybridized carbons (Fsp3) is 0.409. The average Bonchev–Trinajstić information content (AvgIpc) is 3.01. The standard InChI is InChI=1S/C22H27NO6/c1-5-27-19(25)12-11-18-20(15(3)29-16(4)24)14(2)23-21(18)22(26)28-13-17-9-7-6-8-10-17/h6-10,15,23H,5,11-13H2,1-4H3. The van der Waals surface area contributed by atoms with Gasteiger partial charge in [0.2, 0.25) is 0 Å². The number of hydrogen-bond acceptors (Lipinski definition) is 6. The molecule has 7 nitrogen and oxygen atoms in total. The summed E-state index contributed by atoms with van der Waals surface area (Å²) >= 11 is 0. The Morgan fingerprint density at radius 2 is 1.79 bits per heavy atom. The number of aromatic amines is 1. The van der Waals surface area contributed by atoms with E-state index >= 15 is 0 Å². The summed E-state index contributed by atoms with van der Waals surface area (Å²) in [6.07, 6.45) is -0.208. The van der Waals surface area contributed by atoms with Crippen molar-refractivity contribution in [2.45, 2.75) is 53.2 Å². The SMILES string of the molecule is CCOC(=O)CCc1c(C(=O)OCc2ccccc2)[nH]c(C)c1C(C)OC(C)=O. The van der Waals surface area contributed by atoms with Crippen LogP contribution in [-0.2, 0) is 36.8 Å². The highest BCUT2D eigenvalue weighted by Crippen LogP contribution is 2.30. The molecule has 1 aromatic carbocycles. The van der Waals surface area contributed by atoms with Gasteiger partial charge in [-0.15, -0.1) is 0 Å². The smallest absolute Gasteiger partial charge is 0.355 e. The summed E-state index contributed by atoms with van der Waals surface area (Å²) in [6, 6.07) is 9.35. The summed E-state index contributed by atoms with van der Waals surface area (Å²) in [6.45, 7) is 6.99. The van der Waals surface area contributed by atoms with E-state index in [1.807, 2.05) is 30.3 Å². The number of carbonyl (C=O) groups excluding carboxylic acids is 3. The molecule has 0 spiro atoms. The molecule has 7 heteroatoms. The van der Waals surface area contributed by atoms with Crippen LogP contribution in [0, 0.1) is 6.92 Å². The quantitative estimate of drug-likeness (QED) is 0.507. The zero-order valence-corrected chi connectivity index (χ0v) is 17.2. The van der Waals surface area contributed by atoms with Gasteiger partial charge in [0.05, 0.1) is 6.61 Å². The number of nitrogens with one attached hydrogen (secondary N) is 1. The molecule has 2 rings (SSSR count). The van der Waals surface area contributed by atoms with Gasteiger partial charge in [-0.05, 0) is 38.3 Å². The van der Waals surface area contributed by atoms with E-state index in [4.69, 9.17) is 14.2 Å². The molecular formula is C22H27NO6. The summed E-state index contributed by atoms with van der Waals surface area (Å²) in [7, 11) is 0. The molecule has 156 valence electrons. The van der Waals surface area contributed by atoms with Crippen molar-refractivity contribution in [3.63, 3.8) is 0 Å². The van der Waals surface area contributed by atoms with Gasteiger partial charge in [0.15, 0.2) is 0 Å². The first kappa shape index (κ1) is 22.2. The summed E-state index contributed by atoms with van der Waals surface area (Å²) in [5, 5.41) is 0. The molecule has 0 amide bonds. The van der Waals surface area contributed by atoms with Gasteiger partial charge >= 0.3 is 17.9 Å². The zero-order chi connectivity index (χ0) is 21.4. The van der Waals surface area contributed by atoms with Gasteiger partial charge in [-0.1, -0.05) is 30.3 Å². The lowest BCUT2D eigenvalue weighted by Crippen LogP contribution is -2.13. The minimum Gasteiger partial charge on any atom is -0.466 e. The molecule has 0 fully saturated rings. The number of esters is 3. The van der Waals surface area contributed by atoms with Crippen molar-refractivity contribution >= 4 is 17.9 Å². The van der Waals surface area contributed by atoms with Crippen LogP contribution in [0.4, 0.5) is 0 Å². The maximum absolute atomic E-state index is 12.7. The van der Waals surface area contributed by atoms with Crippen LogP contribution in [-0.4, -0.2) is 29.5 Å². The number of carbonyl (C=O) groups is 3. The first-order valence-electron chi connectivity index (χ1n) is 9.58. The number of hydrogen-bond donors (Lipinski definition) is 1. The summed E-state index contributed by atoms with van der Waals surface area (Å²) in [4.78, 5) is 39.0. The van der Waals surface area contributed by atoms with Gasteiger partial charge in [-0.3, -0.25) is 9.59 Å². The van der Waals surface area contributed by atoms with E-state index in [1.54, 1.807) is 20.8 Å². The second-order valence-corrected chi connectivity index (χ2v) is 6.64. The maximum Gasteiger partial charge on any atom is 0.355 e. The van der Waals surface area contributed by atoms with Crippen LogP contribution in [0.5, 0.6) is 0 Å². The molecule has 1 N–H and O–H groups in total. The molecule has 29 heavy (non-hydrogen) atoms. The highest BCUT2D eigenvalue weighted by molar-refractivity contribution is 5.90. The van der Waals surface area contributed by atoms with Crippen LogP contribution < -0.4 is 0 Å². The third-order valence-electron chi connectivity index (χ3n) is 4.39. The van der Waals surface area contributed by atoms with Crippen LogP contribution in [0.1, 0.15) is 66.2 Å². The zero-order valence-electron chi connectivity index (χ0n) is 17.2. The van der Waals surface area contributed by atoms with Crippen molar-refractivity contribution in [2.75, 3.05) is 6.61 Å². The number of benzene rings is 1. The third kappa shape index (κ3) is 6.20. The Hall–Kier alpha value is -3.09. The molecule has 2 aromatic rings. The number of aromatic nitrogens is 1. The molecule has 1 heterocycles. The lowest BCUT2D eigenvalue weighted by atomic mass is 9.99. The fourth-order valence-corrected chi connectivity index (χ4v) is 3.24. The molecule has 0 saturated heterocycles. The molecule has 0 aliphatic heterocycles. The third-order valence-corrected chi connectivity index (χ3v) is 4.39. The molecule has 0 aliphatic rings. The normalized spacial score (nSPS) is 11.6. The largest absolute Gasteiger partial charge is 0.466 e. The monoisotopic (exact) mass is 401 g/mol. The van der Waals surface area contributed by atoms with Crippen molar-refractivity contribution in [3.05, 3.63) is 58.4 Å². The van der Waals surface area contributed by atoms with Crippen molar-refractivity contribution in [2.24, 2.45) is 0 Å². The number of aryl methyl sites for hydroxylation is 1. The molecule has 0 bridgehead atoms. The minimum absolute atomic E-state index is 0.101. The molecule has 0 saturated carbocycles. The van der Waals surface area contributed by atoms with Crippen LogP contribution in [0.2, 0.25) is 0 Å². The molecule has 1 unspecified atom stereocenters. The maximum atomic E-state index is 12.7. The highest BCUT2D eigenvalue weighted by atomic mass is 16.5. The molecule has 0 aliphatic carbocycles. The Kier molecular flexibility index (Phi) is 8.00. The van der Waals surface area contributed by atoms with Crippen molar-refractivity contribution < 1.29 is 28.6 Å². The Bertz CT molecular complexity index is 856. The van der Waals surface area contributed by atoms with Crippen molar-refractivity contribution in [1.82, 2.24) is 4.98 Å². The van der Waals surface area contributed by atoms with Crippen LogP contribution in [0.25, 0.3) is 0 Å². The van der Waals surface area contributed by atoms with E-state index in [9.17, 15) is 14.4 Å². The Morgan fingerprint density at radius 3 is 2.41 bits per heavy atom. The summed E-state index contributed by atoms with van der Waals surface area (Å²) in [5.74, 6) is -1.32. The van der Waals surface area contributed by atoms with Crippen LogP contribution in [0.3, 0.4) is 0 Å².